The second-order valence-corrected chi connectivity index (χ2v) is 5.93. The second kappa shape index (κ2) is 6.32. The summed E-state index contributed by atoms with van der Waals surface area (Å²) in [4.78, 5) is 18.1. The van der Waals surface area contributed by atoms with Gasteiger partial charge in [0.2, 0.25) is 5.95 Å². The number of para-hydroxylation sites is 1. The van der Waals surface area contributed by atoms with Crippen molar-refractivity contribution in [3.05, 3.63) is 65.9 Å². The highest BCUT2D eigenvalue weighted by molar-refractivity contribution is 5.94. The van der Waals surface area contributed by atoms with E-state index in [2.05, 4.69) is 43.6 Å². The summed E-state index contributed by atoms with van der Waals surface area (Å²) in [5.41, 5.74) is 3.97. The molecule has 25 heavy (non-hydrogen) atoms. The van der Waals surface area contributed by atoms with E-state index in [0.717, 1.165) is 24.5 Å². The van der Waals surface area contributed by atoms with Gasteiger partial charge in [-0.25, -0.2) is 0 Å². The molecule has 0 saturated carbocycles. The van der Waals surface area contributed by atoms with E-state index in [4.69, 9.17) is 0 Å². The summed E-state index contributed by atoms with van der Waals surface area (Å²) in [5, 5.41) is 11.3. The zero-order valence-corrected chi connectivity index (χ0v) is 13.8. The molecule has 1 aliphatic heterocycles. The summed E-state index contributed by atoms with van der Waals surface area (Å²) in [6.07, 6.45) is 2.67. The molecule has 2 aromatic carbocycles. The first kappa shape index (κ1) is 15.3. The van der Waals surface area contributed by atoms with Gasteiger partial charge in [0.25, 0.3) is 0 Å². The molecule has 0 atom stereocenters. The third-order valence-corrected chi connectivity index (χ3v) is 4.26. The predicted molar refractivity (Wildman–Crippen MR) is 96.7 cm³/mol. The van der Waals surface area contributed by atoms with Gasteiger partial charge in [-0.15, -0.1) is 5.10 Å². The van der Waals surface area contributed by atoms with Crippen molar-refractivity contribution in [2.45, 2.75) is 13.3 Å². The number of anilines is 4. The molecule has 0 aliphatic carbocycles. The number of ketones is 1. The van der Waals surface area contributed by atoms with Gasteiger partial charge in [-0.3, -0.25) is 4.79 Å². The lowest BCUT2D eigenvalue weighted by molar-refractivity contribution is 0.101. The van der Waals surface area contributed by atoms with Crippen molar-refractivity contribution in [2.75, 3.05) is 16.8 Å². The molecule has 1 aromatic heterocycles. The maximum atomic E-state index is 11.3. The maximum absolute atomic E-state index is 11.3. The van der Waals surface area contributed by atoms with Gasteiger partial charge in [0, 0.05) is 23.5 Å². The summed E-state index contributed by atoms with van der Waals surface area (Å²) in [6.45, 7) is 2.43. The molecule has 3 aromatic rings. The lowest BCUT2D eigenvalue weighted by atomic mass is 10.1. The van der Waals surface area contributed by atoms with Gasteiger partial charge < -0.3 is 10.2 Å². The average molecular weight is 331 g/mol. The van der Waals surface area contributed by atoms with Crippen LogP contribution in [0.2, 0.25) is 0 Å². The monoisotopic (exact) mass is 331 g/mol. The molecular weight excluding hydrogens is 314 g/mol. The molecule has 4 rings (SSSR count). The van der Waals surface area contributed by atoms with E-state index in [1.54, 1.807) is 25.3 Å². The summed E-state index contributed by atoms with van der Waals surface area (Å²) >= 11 is 0. The third-order valence-electron chi connectivity index (χ3n) is 4.26. The quantitative estimate of drug-likeness (QED) is 0.738. The lowest BCUT2D eigenvalue weighted by Gasteiger charge is -2.18. The molecule has 1 aliphatic rings. The fraction of sp³-hybridized carbons (Fsp3) is 0.158. The van der Waals surface area contributed by atoms with Crippen molar-refractivity contribution in [1.82, 2.24) is 15.2 Å². The zero-order chi connectivity index (χ0) is 17.2. The molecule has 0 fully saturated rings. The molecule has 124 valence electrons. The average Bonchev–Trinajstić information content (AvgIpc) is 3.06. The Morgan fingerprint density at radius 1 is 1.12 bits per heavy atom. The van der Waals surface area contributed by atoms with Crippen molar-refractivity contribution in [3.63, 3.8) is 0 Å². The van der Waals surface area contributed by atoms with E-state index in [9.17, 15) is 4.79 Å². The molecule has 6 nitrogen and oxygen atoms in total. The van der Waals surface area contributed by atoms with Crippen molar-refractivity contribution in [2.24, 2.45) is 0 Å². The van der Waals surface area contributed by atoms with Crippen molar-refractivity contribution >= 4 is 28.9 Å². The van der Waals surface area contributed by atoms with Crippen LogP contribution in [0.3, 0.4) is 0 Å². The molecule has 2 heterocycles. The highest BCUT2D eigenvalue weighted by Crippen LogP contribution is 2.33. The molecule has 0 unspecified atom stereocenters. The number of hydrogen-bond acceptors (Lipinski definition) is 6. The van der Waals surface area contributed by atoms with Gasteiger partial charge in [0.1, 0.15) is 0 Å². The van der Waals surface area contributed by atoms with Gasteiger partial charge in [-0.05, 0) is 49.2 Å². The summed E-state index contributed by atoms with van der Waals surface area (Å²) in [6, 6.07) is 15.5. The van der Waals surface area contributed by atoms with Gasteiger partial charge >= 0.3 is 0 Å². The van der Waals surface area contributed by atoms with E-state index < -0.39 is 0 Å². The number of aromatic nitrogens is 3. The summed E-state index contributed by atoms with van der Waals surface area (Å²) in [5.74, 6) is 1.24. The number of carbonyl (C=O) groups is 1. The van der Waals surface area contributed by atoms with Crippen LogP contribution in [0, 0.1) is 0 Å². The number of carbonyl (C=O) groups excluding carboxylic acids is 1. The highest BCUT2D eigenvalue weighted by Gasteiger charge is 2.21. The molecule has 0 amide bonds. The Morgan fingerprint density at radius 3 is 2.72 bits per heavy atom. The van der Waals surface area contributed by atoms with Gasteiger partial charge in [-0.2, -0.15) is 10.1 Å². The van der Waals surface area contributed by atoms with Crippen LogP contribution in [-0.4, -0.2) is 27.5 Å². The van der Waals surface area contributed by atoms with Gasteiger partial charge in [0.15, 0.2) is 11.6 Å². The molecular formula is C19H17N5O. The van der Waals surface area contributed by atoms with Crippen molar-refractivity contribution in [1.29, 1.82) is 0 Å². The first-order valence-electron chi connectivity index (χ1n) is 8.14. The smallest absolute Gasteiger partial charge is 0.249 e. The van der Waals surface area contributed by atoms with Crippen molar-refractivity contribution < 1.29 is 4.79 Å². The minimum absolute atomic E-state index is 0.0409. The highest BCUT2D eigenvalue weighted by atomic mass is 16.1. The SMILES string of the molecule is CC(=O)c1ccc(Nc2nncc(N3CCc4ccccc43)n2)cc1. The number of nitrogens with one attached hydrogen (secondary N) is 1. The minimum atomic E-state index is 0.0409. The van der Waals surface area contributed by atoms with E-state index >= 15 is 0 Å². The summed E-state index contributed by atoms with van der Waals surface area (Å²) in [7, 11) is 0. The van der Waals surface area contributed by atoms with Crippen molar-refractivity contribution in [3.8, 4) is 0 Å². The molecule has 0 spiro atoms. The summed E-state index contributed by atoms with van der Waals surface area (Å²) < 4.78 is 0. The predicted octanol–water partition coefficient (Wildman–Crippen LogP) is 3.51. The maximum Gasteiger partial charge on any atom is 0.249 e. The number of rotatable bonds is 4. The Bertz CT molecular complexity index is 923. The number of benzene rings is 2. The first-order valence-corrected chi connectivity index (χ1v) is 8.14. The second-order valence-electron chi connectivity index (χ2n) is 5.93. The van der Waals surface area contributed by atoms with Crippen LogP contribution in [0.5, 0.6) is 0 Å². The molecule has 0 saturated heterocycles. The number of fused-ring (bicyclic) bond motifs is 1. The standard InChI is InChI=1S/C19H17N5O/c1-13(25)14-6-8-16(9-7-14)21-19-22-18(12-20-23-19)24-11-10-15-4-2-3-5-17(15)24/h2-9,12H,10-11H2,1H3,(H,21,22,23). The number of hydrogen-bond donors (Lipinski definition) is 1. The lowest BCUT2D eigenvalue weighted by Crippen LogP contribution is -2.16. The third kappa shape index (κ3) is 3.06. The topological polar surface area (TPSA) is 71.0 Å². The van der Waals surface area contributed by atoms with E-state index in [1.807, 2.05) is 18.2 Å². The Balaban J connectivity index is 1.57. The van der Waals surface area contributed by atoms with Crippen LogP contribution < -0.4 is 10.2 Å². The Labute approximate surface area is 145 Å². The zero-order valence-electron chi connectivity index (χ0n) is 13.8. The first-order chi connectivity index (χ1) is 12.2. The van der Waals surface area contributed by atoms with Crippen LogP contribution in [0.1, 0.15) is 22.8 Å². The van der Waals surface area contributed by atoms with Crippen LogP contribution in [-0.2, 0) is 6.42 Å². The number of nitrogens with zero attached hydrogens (tertiary/aromatic N) is 4. The normalized spacial score (nSPS) is 12.8. The van der Waals surface area contributed by atoms with Gasteiger partial charge in [-0.1, -0.05) is 18.2 Å². The molecule has 6 heteroatoms. The van der Waals surface area contributed by atoms with Gasteiger partial charge in [0.05, 0.1) is 6.20 Å². The van der Waals surface area contributed by atoms with Crippen LogP contribution >= 0.6 is 0 Å². The minimum Gasteiger partial charge on any atom is -0.324 e. The Hall–Kier alpha value is -3.28. The largest absolute Gasteiger partial charge is 0.324 e. The van der Waals surface area contributed by atoms with Crippen LogP contribution in [0.25, 0.3) is 0 Å². The molecule has 0 radical (unpaired) electrons. The van der Waals surface area contributed by atoms with E-state index in [1.165, 1.54) is 11.3 Å². The Morgan fingerprint density at radius 2 is 1.92 bits per heavy atom. The van der Waals surface area contributed by atoms with Crippen LogP contribution in [0.4, 0.5) is 23.1 Å². The van der Waals surface area contributed by atoms with Crippen LogP contribution in [0.15, 0.2) is 54.7 Å². The Kier molecular flexibility index (Phi) is 3.85. The molecule has 1 N–H and O–H groups in total. The fourth-order valence-electron chi connectivity index (χ4n) is 2.97. The number of Topliss-reactive ketones (excluding diaryl/α,β-unsaturated/α-hetero) is 1. The van der Waals surface area contributed by atoms with E-state index in [0.29, 0.717) is 11.5 Å². The fourth-order valence-corrected chi connectivity index (χ4v) is 2.97. The molecule has 0 bridgehead atoms. The van der Waals surface area contributed by atoms with E-state index in [-0.39, 0.29) is 5.78 Å².